The quantitative estimate of drug-likeness (QED) is 0.761. The predicted octanol–water partition coefficient (Wildman–Crippen LogP) is 3.51. The summed E-state index contributed by atoms with van der Waals surface area (Å²) in [6, 6.07) is 0. The summed E-state index contributed by atoms with van der Waals surface area (Å²) in [6.07, 6.45) is 2.12. The highest BCUT2D eigenvalue weighted by atomic mass is 31.2. The van der Waals surface area contributed by atoms with Crippen LogP contribution in [0.25, 0.3) is 0 Å². The maximum atomic E-state index is 12.0. The van der Waals surface area contributed by atoms with Crippen LogP contribution in [-0.2, 0) is 18.3 Å². The maximum Gasteiger partial charge on any atom is 0.472 e. The monoisotopic (exact) mass is 306 g/mol. The largest absolute Gasteiger partial charge is 0.472 e. The molecule has 1 aliphatic heterocycles. The lowest BCUT2D eigenvalue weighted by Crippen LogP contribution is -2.48. The van der Waals surface area contributed by atoms with Gasteiger partial charge in [0.05, 0.1) is 17.8 Å². The van der Waals surface area contributed by atoms with E-state index in [0.717, 1.165) is 19.3 Å². The molecule has 1 aliphatic carbocycles. The molecule has 1 heterocycles. The molecule has 2 fully saturated rings. The van der Waals surface area contributed by atoms with Crippen molar-refractivity contribution in [1.29, 1.82) is 0 Å². The first-order chi connectivity index (χ1) is 9.15. The molecule has 0 aromatic rings. The Bertz CT molecular complexity index is 397. The first-order valence-corrected chi connectivity index (χ1v) is 9.02. The zero-order chi connectivity index (χ0) is 15.1. The number of phosphoric acid groups is 1. The Hall–Kier alpha value is 0.0700. The fourth-order valence-corrected chi connectivity index (χ4v) is 4.81. The molecule has 5 nitrogen and oxygen atoms in total. The van der Waals surface area contributed by atoms with Crippen molar-refractivity contribution >= 4 is 7.82 Å². The molecule has 1 saturated carbocycles. The summed E-state index contributed by atoms with van der Waals surface area (Å²) in [4.78, 5) is 9.81. The predicted molar refractivity (Wildman–Crippen MR) is 76.4 cm³/mol. The van der Waals surface area contributed by atoms with Crippen molar-refractivity contribution in [1.82, 2.24) is 0 Å². The second-order valence-electron chi connectivity index (χ2n) is 6.82. The Morgan fingerprint density at radius 1 is 1.40 bits per heavy atom. The fraction of sp³-hybridized carbons (Fsp3) is 1.00. The third-order valence-corrected chi connectivity index (χ3v) is 5.38. The topological polar surface area (TPSA) is 65.0 Å². The van der Waals surface area contributed by atoms with Crippen LogP contribution in [0.15, 0.2) is 0 Å². The van der Waals surface area contributed by atoms with Gasteiger partial charge in [-0.1, -0.05) is 13.8 Å². The highest BCUT2D eigenvalue weighted by molar-refractivity contribution is 7.47. The van der Waals surface area contributed by atoms with E-state index < -0.39 is 7.82 Å². The molecule has 0 aromatic heterocycles. The molecule has 1 saturated heterocycles. The van der Waals surface area contributed by atoms with Crippen molar-refractivity contribution in [2.45, 2.75) is 77.8 Å². The molecule has 0 radical (unpaired) electrons. The van der Waals surface area contributed by atoms with Gasteiger partial charge in [0, 0.05) is 5.92 Å². The van der Waals surface area contributed by atoms with Gasteiger partial charge in [0.2, 0.25) is 0 Å². The zero-order valence-corrected chi connectivity index (χ0v) is 13.9. The van der Waals surface area contributed by atoms with Crippen molar-refractivity contribution in [3.8, 4) is 0 Å². The molecule has 1 N–H and O–H groups in total. The second kappa shape index (κ2) is 5.69. The van der Waals surface area contributed by atoms with Crippen molar-refractivity contribution in [3.63, 3.8) is 0 Å². The summed E-state index contributed by atoms with van der Waals surface area (Å²) in [6.45, 7) is 9.69. The van der Waals surface area contributed by atoms with E-state index in [2.05, 4.69) is 13.8 Å². The van der Waals surface area contributed by atoms with Crippen LogP contribution in [0.1, 0.15) is 53.9 Å². The molecule has 20 heavy (non-hydrogen) atoms. The van der Waals surface area contributed by atoms with Gasteiger partial charge >= 0.3 is 7.82 Å². The maximum absolute atomic E-state index is 12.0. The Labute approximate surface area is 121 Å². The van der Waals surface area contributed by atoms with Crippen molar-refractivity contribution < 1.29 is 23.2 Å². The summed E-state index contributed by atoms with van der Waals surface area (Å²) in [5.41, 5.74) is -0.157. The van der Waals surface area contributed by atoms with Crippen molar-refractivity contribution in [3.05, 3.63) is 0 Å². The van der Waals surface area contributed by atoms with Gasteiger partial charge in [0.1, 0.15) is 6.10 Å². The molecule has 0 amide bonds. The molecule has 6 heteroatoms. The van der Waals surface area contributed by atoms with E-state index in [-0.39, 0.29) is 29.8 Å². The van der Waals surface area contributed by atoms with Crippen LogP contribution in [0.5, 0.6) is 0 Å². The van der Waals surface area contributed by atoms with Crippen molar-refractivity contribution in [2.75, 3.05) is 0 Å². The average Bonchev–Trinajstić information content (AvgIpc) is 2.36. The number of hydrogen-bond donors (Lipinski definition) is 1. The van der Waals surface area contributed by atoms with Crippen LogP contribution < -0.4 is 0 Å². The van der Waals surface area contributed by atoms with E-state index >= 15 is 0 Å². The van der Waals surface area contributed by atoms with E-state index in [4.69, 9.17) is 13.8 Å². The van der Waals surface area contributed by atoms with E-state index in [1.54, 1.807) is 13.8 Å². The minimum Gasteiger partial charge on any atom is -0.369 e. The van der Waals surface area contributed by atoms with E-state index in [9.17, 15) is 9.46 Å². The summed E-state index contributed by atoms with van der Waals surface area (Å²) in [5, 5.41) is 0. The zero-order valence-electron chi connectivity index (χ0n) is 13.0. The van der Waals surface area contributed by atoms with Crippen molar-refractivity contribution in [2.24, 2.45) is 11.8 Å². The van der Waals surface area contributed by atoms with Gasteiger partial charge in [-0.05, 0) is 46.0 Å². The Morgan fingerprint density at radius 3 is 2.50 bits per heavy atom. The molecule has 0 aromatic carbocycles. The average molecular weight is 306 g/mol. The van der Waals surface area contributed by atoms with Gasteiger partial charge in [-0.3, -0.25) is 9.05 Å². The highest BCUT2D eigenvalue weighted by Gasteiger charge is 2.60. The first-order valence-electron chi connectivity index (χ1n) is 7.52. The smallest absolute Gasteiger partial charge is 0.369 e. The molecule has 2 unspecified atom stereocenters. The van der Waals surface area contributed by atoms with Crippen LogP contribution in [0.4, 0.5) is 0 Å². The van der Waals surface area contributed by atoms with Crippen LogP contribution in [0.3, 0.4) is 0 Å². The molecule has 5 atom stereocenters. The Morgan fingerprint density at radius 2 is 2.05 bits per heavy atom. The minimum absolute atomic E-state index is 0.157. The normalized spacial score (nSPS) is 39.7. The fourth-order valence-electron chi connectivity index (χ4n) is 3.60. The van der Waals surface area contributed by atoms with Gasteiger partial charge < -0.3 is 9.63 Å². The van der Waals surface area contributed by atoms with Gasteiger partial charge in [-0.15, -0.1) is 0 Å². The minimum atomic E-state index is -4.01. The lowest BCUT2D eigenvalue weighted by atomic mass is 9.65. The molecule has 2 aliphatic rings. The number of fused-ring (bicyclic) bond motifs is 1. The van der Waals surface area contributed by atoms with Gasteiger partial charge in [0.25, 0.3) is 0 Å². The number of phosphoric ester groups is 1. The third-order valence-electron chi connectivity index (χ3n) is 4.19. The van der Waals surface area contributed by atoms with Crippen LogP contribution in [0, 0.1) is 11.8 Å². The molecule has 2 rings (SSSR count). The second-order valence-corrected chi connectivity index (χ2v) is 8.18. The van der Waals surface area contributed by atoms with Gasteiger partial charge in [-0.2, -0.15) is 0 Å². The SMILES string of the molecule is CC(C)C[C@@]12CCC1[C@H](OP(=O)(O)OC(C)C)[C@H](C)O2. The summed E-state index contributed by atoms with van der Waals surface area (Å²) >= 11 is 0. The van der Waals surface area contributed by atoms with Gasteiger partial charge in [0.15, 0.2) is 0 Å². The summed E-state index contributed by atoms with van der Waals surface area (Å²) in [5.74, 6) is 0.743. The highest BCUT2D eigenvalue weighted by Crippen LogP contribution is 2.59. The Kier molecular flexibility index (Phi) is 4.68. The lowest BCUT2D eigenvalue weighted by Gasteiger charge is -2.46. The number of rotatable bonds is 6. The molecular formula is C14H27O5P. The summed E-state index contributed by atoms with van der Waals surface area (Å²) in [7, 11) is -4.01. The van der Waals surface area contributed by atoms with Crippen LogP contribution in [0.2, 0.25) is 0 Å². The van der Waals surface area contributed by atoms with Crippen LogP contribution in [-0.4, -0.2) is 28.8 Å². The molecule has 0 bridgehead atoms. The number of ether oxygens (including phenoxy) is 1. The van der Waals surface area contributed by atoms with E-state index in [1.807, 2.05) is 6.92 Å². The first kappa shape index (κ1) is 16.4. The lowest BCUT2D eigenvalue weighted by molar-refractivity contribution is -0.114. The third kappa shape index (κ3) is 3.28. The van der Waals surface area contributed by atoms with Gasteiger partial charge in [-0.25, -0.2) is 4.57 Å². The molecular weight excluding hydrogens is 279 g/mol. The molecule has 118 valence electrons. The standard InChI is InChI=1S/C14H27O5P/c1-9(2)8-14-7-6-12(14)13(11(5)17-14)19-20(15,16)18-10(3)4/h9-13H,6-8H2,1-5H3,(H,15,16)/t11-,12?,13+,14-/m0/s1. The Balaban J connectivity index is 2.05. The summed E-state index contributed by atoms with van der Waals surface area (Å²) < 4.78 is 28.5. The van der Waals surface area contributed by atoms with E-state index in [1.165, 1.54) is 0 Å². The van der Waals surface area contributed by atoms with Crippen LogP contribution >= 0.6 is 7.82 Å². The van der Waals surface area contributed by atoms with E-state index in [0.29, 0.717) is 5.92 Å². The number of hydrogen-bond acceptors (Lipinski definition) is 4. The molecule has 0 spiro atoms.